The molecule has 1 N–H and O–H groups in total. The summed E-state index contributed by atoms with van der Waals surface area (Å²) in [5, 5.41) is 3.27. The number of rotatable bonds is 6. The lowest BCUT2D eigenvalue weighted by molar-refractivity contribution is 0.391. The summed E-state index contributed by atoms with van der Waals surface area (Å²) in [5.74, 6) is 1.90. The molecule has 1 aliphatic rings. The summed E-state index contributed by atoms with van der Waals surface area (Å²) in [4.78, 5) is 4.40. The van der Waals surface area contributed by atoms with Crippen LogP contribution in [0.4, 0.5) is 0 Å². The fourth-order valence-electron chi connectivity index (χ4n) is 2.82. The van der Waals surface area contributed by atoms with Crippen LogP contribution in [0.2, 0.25) is 0 Å². The van der Waals surface area contributed by atoms with Crippen molar-refractivity contribution in [1.82, 2.24) is 14.9 Å². The molecule has 0 aliphatic carbocycles. The van der Waals surface area contributed by atoms with Gasteiger partial charge in [-0.2, -0.15) is 0 Å². The van der Waals surface area contributed by atoms with Gasteiger partial charge < -0.3 is 9.88 Å². The molecule has 0 amide bonds. The summed E-state index contributed by atoms with van der Waals surface area (Å²) >= 11 is 0. The summed E-state index contributed by atoms with van der Waals surface area (Å²) in [7, 11) is -0.912. The van der Waals surface area contributed by atoms with E-state index in [0.29, 0.717) is 11.5 Å². The predicted molar refractivity (Wildman–Crippen MR) is 75.8 cm³/mol. The maximum absolute atomic E-state index is 11.6. The molecular weight excluding hydrogens is 262 g/mol. The molecule has 19 heavy (non-hydrogen) atoms. The first-order valence-electron chi connectivity index (χ1n) is 6.93. The monoisotopic (exact) mass is 285 g/mol. The molecule has 1 aliphatic heterocycles. The summed E-state index contributed by atoms with van der Waals surface area (Å²) in [6.07, 6.45) is 6.46. The molecular formula is C13H23N3O2S. The summed E-state index contributed by atoms with van der Waals surface area (Å²) in [6, 6.07) is 0.190. The van der Waals surface area contributed by atoms with Gasteiger partial charge in [0.25, 0.3) is 0 Å². The van der Waals surface area contributed by atoms with Crippen molar-refractivity contribution in [3.63, 3.8) is 0 Å². The van der Waals surface area contributed by atoms with E-state index in [4.69, 9.17) is 0 Å². The van der Waals surface area contributed by atoms with E-state index < -0.39 is 9.84 Å². The van der Waals surface area contributed by atoms with Crippen LogP contribution in [0.3, 0.4) is 0 Å². The van der Waals surface area contributed by atoms with E-state index in [0.717, 1.165) is 31.6 Å². The zero-order valence-corrected chi connectivity index (χ0v) is 12.5. The second kappa shape index (κ2) is 6.05. The zero-order chi connectivity index (χ0) is 13.9. The molecule has 2 heterocycles. The molecule has 108 valence electrons. The van der Waals surface area contributed by atoms with Crippen LogP contribution in [0.1, 0.15) is 25.6 Å². The lowest BCUT2D eigenvalue weighted by atomic mass is 9.96. The predicted octanol–water partition coefficient (Wildman–Crippen LogP) is 0.858. The van der Waals surface area contributed by atoms with Crippen LogP contribution in [-0.4, -0.2) is 42.6 Å². The molecule has 1 aromatic rings. The number of sulfone groups is 1. The van der Waals surface area contributed by atoms with Crippen molar-refractivity contribution in [2.75, 3.05) is 18.6 Å². The van der Waals surface area contributed by atoms with Crippen LogP contribution in [0.15, 0.2) is 12.4 Å². The normalized spacial score (nSPS) is 23.6. The first-order valence-corrected chi connectivity index (χ1v) is 8.75. The van der Waals surface area contributed by atoms with E-state index in [1.165, 1.54) is 0 Å². The van der Waals surface area contributed by atoms with Crippen molar-refractivity contribution in [1.29, 1.82) is 0 Å². The van der Waals surface area contributed by atoms with Gasteiger partial charge in [0.1, 0.15) is 5.82 Å². The van der Waals surface area contributed by atoms with Gasteiger partial charge in [0, 0.05) is 31.4 Å². The Hall–Kier alpha value is -0.880. The van der Waals surface area contributed by atoms with E-state index >= 15 is 0 Å². The number of hydrogen-bond acceptors (Lipinski definition) is 4. The highest BCUT2D eigenvalue weighted by molar-refractivity contribution is 7.91. The standard InChI is InChI=1S/C13H23N3O2S/c1-3-6-16-7-5-15-13(16)9-12(14-2)11-4-8-19(17,18)10-11/h5,7,11-12,14H,3-4,6,8-10H2,1-2H3. The number of imidazole rings is 1. The van der Waals surface area contributed by atoms with E-state index in [1.54, 1.807) is 0 Å². The van der Waals surface area contributed by atoms with Crippen LogP contribution in [0.25, 0.3) is 0 Å². The summed E-state index contributed by atoms with van der Waals surface area (Å²) in [5.41, 5.74) is 0. The van der Waals surface area contributed by atoms with Gasteiger partial charge >= 0.3 is 0 Å². The fourth-order valence-corrected chi connectivity index (χ4v) is 4.70. The molecule has 6 heteroatoms. The molecule has 0 aromatic carbocycles. The largest absolute Gasteiger partial charge is 0.335 e. The Balaban J connectivity index is 2.05. The molecule has 0 saturated carbocycles. The summed E-state index contributed by atoms with van der Waals surface area (Å²) < 4.78 is 25.3. The lowest BCUT2D eigenvalue weighted by Crippen LogP contribution is -2.37. The fraction of sp³-hybridized carbons (Fsp3) is 0.769. The molecule has 2 unspecified atom stereocenters. The van der Waals surface area contributed by atoms with Crippen LogP contribution in [-0.2, 0) is 22.8 Å². The minimum absolute atomic E-state index is 0.190. The molecule has 5 nitrogen and oxygen atoms in total. The third-order valence-corrected chi connectivity index (χ3v) is 5.67. The highest BCUT2D eigenvalue weighted by atomic mass is 32.2. The second-order valence-electron chi connectivity index (χ2n) is 5.30. The Kier molecular flexibility index (Phi) is 4.62. The number of nitrogens with one attached hydrogen (secondary N) is 1. The number of likely N-dealkylation sites (N-methyl/N-ethyl adjacent to an activating group) is 1. The Morgan fingerprint density at radius 1 is 1.58 bits per heavy atom. The first kappa shape index (κ1) is 14.5. The molecule has 0 spiro atoms. The Bertz CT molecular complexity index is 510. The highest BCUT2D eigenvalue weighted by Crippen LogP contribution is 2.23. The quantitative estimate of drug-likeness (QED) is 0.842. The van der Waals surface area contributed by atoms with Crippen LogP contribution >= 0.6 is 0 Å². The van der Waals surface area contributed by atoms with Crippen molar-refractivity contribution < 1.29 is 8.42 Å². The van der Waals surface area contributed by atoms with Crippen molar-refractivity contribution in [3.8, 4) is 0 Å². The zero-order valence-electron chi connectivity index (χ0n) is 11.7. The molecule has 1 saturated heterocycles. The Labute approximate surface area is 115 Å². The van der Waals surface area contributed by atoms with E-state index in [1.807, 2.05) is 19.4 Å². The minimum Gasteiger partial charge on any atom is -0.335 e. The third-order valence-electron chi connectivity index (χ3n) is 3.88. The van der Waals surface area contributed by atoms with Gasteiger partial charge in [-0.05, 0) is 25.8 Å². The number of hydrogen-bond donors (Lipinski definition) is 1. The van der Waals surface area contributed by atoms with Gasteiger partial charge in [0.15, 0.2) is 9.84 Å². The number of nitrogens with zero attached hydrogens (tertiary/aromatic N) is 2. The average Bonchev–Trinajstić information content (AvgIpc) is 2.93. The van der Waals surface area contributed by atoms with Gasteiger partial charge in [0.2, 0.25) is 0 Å². The molecule has 0 bridgehead atoms. The molecule has 2 rings (SSSR count). The Morgan fingerprint density at radius 3 is 2.95 bits per heavy atom. The number of aryl methyl sites for hydroxylation is 1. The van der Waals surface area contributed by atoms with E-state index in [9.17, 15) is 8.42 Å². The van der Waals surface area contributed by atoms with E-state index in [2.05, 4.69) is 21.8 Å². The number of aromatic nitrogens is 2. The Morgan fingerprint density at radius 2 is 2.37 bits per heavy atom. The average molecular weight is 285 g/mol. The van der Waals surface area contributed by atoms with Crippen LogP contribution in [0, 0.1) is 5.92 Å². The highest BCUT2D eigenvalue weighted by Gasteiger charge is 2.33. The lowest BCUT2D eigenvalue weighted by Gasteiger charge is -2.22. The van der Waals surface area contributed by atoms with Crippen LogP contribution in [0.5, 0.6) is 0 Å². The molecule has 0 radical (unpaired) electrons. The molecule has 1 aromatic heterocycles. The topological polar surface area (TPSA) is 64.0 Å². The second-order valence-corrected chi connectivity index (χ2v) is 7.53. The molecule has 1 fully saturated rings. The van der Waals surface area contributed by atoms with Crippen molar-refractivity contribution >= 4 is 9.84 Å². The third kappa shape index (κ3) is 3.57. The van der Waals surface area contributed by atoms with Crippen molar-refractivity contribution in [3.05, 3.63) is 18.2 Å². The van der Waals surface area contributed by atoms with Gasteiger partial charge in [-0.25, -0.2) is 13.4 Å². The van der Waals surface area contributed by atoms with Gasteiger partial charge in [-0.1, -0.05) is 6.92 Å². The smallest absolute Gasteiger partial charge is 0.150 e. The van der Waals surface area contributed by atoms with Crippen molar-refractivity contribution in [2.45, 2.75) is 38.8 Å². The maximum atomic E-state index is 11.6. The van der Waals surface area contributed by atoms with E-state index in [-0.39, 0.29) is 12.0 Å². The van der Waals surface area contributed by atoms with Crippen LogP contribution < -0.4 is 5.32 Å². The minimum atomic E-state index is -2.82. The summed E-state index contributed by atoms with van der Waals surface area (Å²) in [6.45, 7) is 3.11. The molecule has 2 atom stereocenters. The van der Waals surface area contributed by atoms with Gasteiger partial charge in [0.05, 0.1) is 11.5 Å². The van der Waals surface area contributed by atoms with Gasteiger partial charge in [-0.3, -0.25) is 0 Å². The van der Waals surface area contributed by atoms with Gasteiger partial charge in [-0.15, -0.1) is 0 Å². The first-order chi connectivity index (χ1) is 9.05. The SMILES string of the molecule is CCCn1ccnc1CC(NC)C1CCS(=O)(=O)C1. The van der Waals surface area contributed by atoms with Crippen molar-refractivity contribution in [2.24, 2.45) is 5.92 Å². The maximum Gasteiger partial charge on any atom is 0.150 e.